The molecule has 0 saturated heterocycles. The molecule has 6 nitrogen and oxygen atoms in total. The summed E-state index contributed by atoms with van der Waals surface area (Å²) in [5.74, 6) is -0.135. The Hall–Kier alpha value is -2.54. The third kappa shape index (κ3) is 3.51. The molecule has 0 aliphatic carbocycles. The molecule has 2 aromatic carbocycles. The van der Waals surface area contributed by atoms with Crippen molar-refractivity contribution in [2.75, 3.05) is 4.72 Å². The van der Waals surface area contributed by atoms with Gasteiger partial charge in [-0.05, 0) is 42.2 Å². The van der Waals surface area contributed by atoms with Crippen LogP contribution in [0.15, 0.2) is 56.6 Å². The third-order valence-corrected chi connectivity index (χ3v) is 4.90. The number of hydrogen-bond acceptors (Lipinski definition) is 4. The molecule has 0 unspecified atom stereocenters. The Morgan fingerprint density at radius 3 is 2.71 bits per heavy atom. The van der Waals surface area contributed by atoms with Crippen molar-refractivity contribution in [2.24, 2.45) is 5.92 Å². The van der Waals surface area contributed by atoms with Crippen LogP contribution < -0.4 is 10.5 Å². The van der Waals surface area contributed by atoms with Gasteiger partial charge in [0.05, 0.1) is 10.4 Å². The zero-order valence-corrected chi connectivity index (χ0v) is 14.2. The second-order valence-electron chi connectivity index (χ2n) is 6.08. The fourth-order valence-corrected chi connectivity index (χ4v) is 3.60. The molecule has 0 fully saturated rings. The van der Waals surface area contributed by atoms with Crippen molar-refractivity contribution in [1.82, 2.24) is 4.98 Å². The number of aromatic nitrogens is 1. The summed E-state index contributed by atoms with van der Waals surface area (Å²) in [5.41, 5.74) is 2.23. The average Bonchev–Trinajstić information content (AvgIpc) is 2.85. The predicted molar refractivity (Wildman–Crippen MR) is 92.6 cm³/mol. The minimum absolute atomic E-state index is 0.0343. The van der Waals surface area contributed by atoms with Crippen LogP contribution in [-0.2, 0) is 16.4 Å². The smallest absolute Gasteiger partial charge is 0.408 e. The number of sulfonamides is 1. The first-order valence-electron chi connectivity index (χ1n) is 7.58. The maximum Gasteiger partial charge on any atom is 0.417 e. The Morgan fingerprint density at radius 1 is 1.17 bits per heavy atom. The van der Waals surface area contributed by atoms with E-state index >= 15 is 0 Å². The molecule has 0 aliphatic heterocycles. The van der Waals surface area contributed by atoms with Crippen molar-refractivity contribution >= 4 is 26.8 Å². The molecule has 3 aromatic rings. The predicted octanol–water partition coefficient (Wildman–Crippen LogP) is 3.12. The Morgan fingerprint density at radius 2 is 1.96 bits per heavy atom. The van der Waals surface area contributed by atoms with Crippen molar-refractivity contribution < 1.29 is 12.8 Å². The molecule has 2 N–H and O–H groups in total. The van der Waals surface area contributed by atoms with Gasteiger partial charge >= 0.3 is 5.76 Å². The summed E-state index contributed by atoms with van der Waals surface area (Å²) in [7, 11) is -3.77. The number of H-pyrrole nitrogens is 1. The second-order valence-corrected chi connectivity index (χ2v) is 7.76. The highest BCUT2D eigenvalue weighted by atomic mass is 32.2. The SMILES string of the molecule is CC(C)Cc1cccc(NS(=O)(=O)c2ccc3[nH]c(=O)oc3c2)c1. The van der Waals surface area contributed by atoms with E-state index in [0.717, 1.165) is 12.0 Å². The van der Waals surface area contributed by atoms with Gasteiger partial charge in [0.15, 0.2) is 5.58 Å². The highest BCUT2D eigenvalue weighted by molar-refractivity contribution is 7.92. The molecule has 1 heterocycles. The van der Waals surface area contributed by atoms with Gasteiger partial charge < -0.3 is 4.42 Å². The zero-order valence-electron chi connectivity index (χ0n) is 13.4. The van der Waals surface area contributed by atoms with Gasteiger partial charge in [0, 0.05) is 11.8 Å². The molecule has 7 heteroatoms. The number of oxazole rings is 1. The number of aromatic amines is 1. The van der Waals surface area contributed by atoms with E-state index in [9.17, 15) is 13.2 Å². The first-order valence-corrected chi connectivity index (χ1v) is 9.06. The molecular weight excluding hydrogens is 328 g/mol. The van der Waals surface area contributed by atoms with E-state index in [1.54, 1.807) is 6.07 Å². The van der Waals surface area contributed by atoms with E-state index in [1.165, 1.54) is 18.2 Å². The Bertz CT molecular complexity index is 1030. The normalized spacial score (nSPS) is 12.0. The maximum absolute atomic E-state index is 12.5. The Kier molecular flexibility index (Phi) is 4.19. The van der Waals surface area contributed by atoms with Crippen LogP contribution in [0.2, 0.25) is 0 Å². The summed E-state index contributed by atoms with van der Waals surface area (Å²) in [5, 5.41) is 0. The number of nitrogens with one attached hydrogen (secondary N) is 2. The first-order chi connectivity index (χ1) is 11.3. The molecule has 0 radical (unpaired) electrons. The van der Waals surface area contributed by atoms with Crippen LogP contribution in [0.5, 0.6) is 0 Å². The highest BCUT2D eigenvalue weighted by Crippen LogP contribution is 2.21. The molecular formula is C17H18N2O4S. The number of benzene rings is 2. The van der Waals surface area contributed by atoms with Gasteiger partial charge in [-0.1, -0.05) is 26.0 Å². The van der Waals surface area contributed by atoms with Gasteiger partial charge in [-0.15, -0.1) is 0 Å². The highest BCUT2D eigenvalue weighted by Gasteiger charge is 2.16. The van der Waals surface area contributed by atoms with Crippen molar-refractivity contribution in [2.45, 2.75) is 25.2 Å². The van der Waals surface area contributed by atoms with Gasteiger partial charge in [-0.2, -0.15) is 0 Å². The monoisotopic (exact) mass is 346 g/mol. The molecule has 0 amide bonds. The summed E-state index contributed by atoms with van der Waals surface area (Å²) in [6, 6.07) is 11.6. The summed E-state index contributed by atoms with van der Waals surface area (Å²) in [6.07, 6.45) is 0.871. The molecule has 0 saturated carbocycles. The summed E-state index contributed by atoms with van der Waals surface area (Å²) >= 11 is 0. The van der Waals surface area contributed by atoms with Gasteiger partial charge in [0.2, 0.25) is 0 Å². The molecule has 0 spiro atoms. The quantitative estimate of drug-likeness (QED) is 0.742. The molecule has 0 aliphatic rings. The summed E-state index contributed by atoms with van der Waals surface area (Å²) < 4.78 is 32.6. The Balaban J connectivity index is 1.91. The molecule has 0 atom stereocenters. The number of fused-ring (bicyclic) bond motifs is 1. The van der Waals surface area contributed by atoms with Crippen LogP contribution in [0.4, 0.5) is 5.69 Å². The van der Waals surface area contributed by atoms with Crippen molar-refractivity contribution in [1.29, 1.82) is 0 Å². The van der Waals surface area contributed by atoms with E-state index in [0.29, 0.717) is 17.1 Å². The van der Waals surface area contributed by atoms with Crippen LogP contribution in [0.25, 0.3) is 11.1 Å². The first kappa shape index (κ1) is 16.3. The van der Waals surface area contributed by atoms with Crippen LogP contribution in [0.1, 0.15) is 19.4 Å². The molecule has 24 heavy (non-hydrogen) atoms. The number of anilines is 1. The van der Waals surface area contributed by atoms with E-state index in [-0.39, 0.29) is 10.5 Å². The van der Waals surface area contributed by atoms with E-state index in [1.807, 2.05) is 18.2 Å². The molecule has 1 aromatic heterocycles. The van der Waals surface area contributed by atoms with E-state index in [2.05, 4.69) is 23.6 Å². The minimum Gasteiger partial charge on any atom is -0.408 e. The lowest BCUT2D eigenvalue weighted by molar-refractivity contribution is 0.554. The van der Waals surface area contributed by atoms with Crippen molar-refractivity contribution in [3.63, 3.8) is 0 Å². The third-order valence-electron chi connectivity index (χ3n) is 3.53. The van der Waals surface area contributed by atoms with Crippen LogP contribution in [-0.4, -0.2) is 13.4 Å². The average molecular weight is 346 g/mol. The summed E-state index contributed by atoms with van der Waals surface area (Å²) in [4.78, 5) is 13.7. The van der Waals surface area contributed by atoms with Crippen LogP contribution in [0, 0.1) is 5.92 Å². The summed E-state index contributed by atoms with van der Waals surface area (Å²) in [6.45, 7) is 4.22. The maximum atomic E-state index is 12.5. The molecule has 0 bridgehead atoms. The molecule has 126 valence electrons. The van der Waals surface area contributed by atoms with Gasteiger partial charge in [-0.25, -0.2) is 13.2 Å². The van der Waals surface area contributed by atoms with Crippen molar-refractivity contribution in [3.05, 3.63) is 58.6 Å². The fraction of sp³-hybridized carbons (Fsp3) is 0.235. The van der Waals surface area contributed by atoms with E-state index in [4.69, 9.17) is 4.42 Å². The van der Waals surface area contributed by atoms with Crippen LogP contribution in [0.3, 0.4) is 0 Å². The lowest BCUT2D eigenvalue weighted by Gasteiger charge is -2.10. The lowest BCUT2D eigenvalue weighted by Crippen LogP contribution is -2.13. The number of rotatable bonds is 5. The van der Waals surface area contributed by atoms with Crippen molar-refractivity contribution in [3.8, 4) is 0 Å². The fourth-order valence-electron chi connectivity index (χ4n) is 2.54. The minimum atomic E-state index is -3.77. The van der Waals surface area contributed by atoms with Gasteiger partial charge in [0.25, 0.3) is 10.0 Å². The molecule has 3 rings (SSSR count). The van der Waals surface area contributed by atoms with Gasteiger partial charge in [-0.3, -0.25) is 9.71 Å². The lowest BCUT2D eigenvalue weighted by atomic mass is 10.0. The zero-order chi connectivity index (χ0) is 17.3. The number of hydrogen-bond donors (Lipinski definition) is 2. The van der Waals surface area contributed by atoms with Crippen LogP contribution >= 0.6 is 0 Å². The largest absolute Gasteiger partial charge is 0.417 e. The standard InChI is InChI=1S/C17H18N2O4S/c1-11(2)8-12-4-3-5-13(9-12)19-24(21,22)14-6-7-15-16(10-14)23-17(20)18-15/h3-7,9-11,19H,8H2,1-2H3,(H,18,20). The Labute approximate surface area is 139 Å². The topological polar surface area (TPSA) is 92.2 Å². The van der Waals surface area contributed by atoms with Gasteiger partial charge in [0.1, 0.15) is 0 Å². The second kappa shape index (κ2) is 6.16. The van der Waals surface area contributed by atoms with E-state index < -0.39 is 15.8 Å².